The fourth-order valence-corrected chi connectivity index (χ4v) is 3.21. The molecule has 1 N–H and O–H groups in total. The fraction of sp³-hybridized carbons (Fsp3) is 0.600. The predicted octanol–water partition coefficient (Wildman–Crippen LogP) is 3.69. The van der Waals surface area contributed by atoms with Crippen LogP contribution in [0.5, 0.6) is 0 Å². The number of nitrogens with one attached hydrogen (secondary N) is 1. The van der Waals surface area contributed by atoms with E-state index in [1.165, 1.54) is 30.4 Å². The second-order valence-corrected chi connectivity index (χ2v) is 5.19. The minimum atomic E-state index is 0.540. The summed E-state index contributed by atoms with van der Waals surface area (Å²) in [4.78, 5) is 0. The molecule has 1 nitrogen and oxygen atoms in total. The van der Waals surface area contributed by atoms with E-state index in [1.807, 2.05) is 0 Å². The van der Waals surface area contributed by atoms with Gasteiger partial charge in [0.1, 0.15) is 0 Å². The van der Waals surface area contributed by atoms with E-state index in [1.54, 1.807) is 0 Å². The van der Waals surface area contributed by atoms with Gasteiger partial charge in [0.05, 0.1) is 0 Å². The lowest BCUT2D eigenvalue weighted by molar-refractivity contribution is 0.314. The van der Waals surface area contributed by atoms with Crippen LogP contribution < -0.4 is 5.32 Å². The Hall–Kier alpha value is -0.820. The average molecular weight is 217 g/mol. The van der Waals surface area contributed by atoms with E-state index in [2.05, 4.69) is 50.5 Å². The van der Waals surface area contributed by atoms with E-state index in [-0.39, 0.29) is 0 Å². The smallest absolute Gasteiger partial charge is 0.0351 e. The van der Waals surface area contributed by atoms with Gasteiger partial charge >= 0.3 is 0 Å². The van der Waals surface area contributed by atoms with Crippen LogP contribution in [-0.4, -0.2) is 7.05 Å². The topological polar surface area (TPSA) is 12.0 Å². The standard InChI is InChI=1S/C15H23N/c1-11-7-4-5-9-13(11)15(16-3)14-10-6-8-12(14)2/h4-5,7,9,12,14-16H,6,8,10H2,1-3H3. The monoisotopic (exact) mass is 217 g/mol. The highest BCUT2D eigenvalue weighted by molar-refractivity contribution is 5.29. The zero-order valence-electron chi connectivity index (χ0n) is 10.7. The Bertz CT molecular complexity index is 345. The van der Waals surface area contributed by atoms with Crippen molar-refractivity contribution in [3.63, 3.8) is 0 Å². The van der Waals surface area contributed by atoms with Gasteiger partial charge in [-0.3, -0.25) is 0 Å². The van der Waals surface area contributed by atoms with Gasteiger partial charge in [0.15, 0.2) is 0 Å². The molecular formula is C15H23N. The molecule has 1 heteroatoms. The van der Waals surface area contributed by atoms with Crippen molar-refractivity contribution in [2.24, 2.45) is 11.8 Å². The number of hydrogen-bond acceptors (Lipinski definition) is 1. The van der Waals surface area contributed by atoms with E-state index < -0.39 is 0 Å². The highest BCUT2D eigenvalue weighted by Crippen LogP contribution is 2.40. The lowest BCUT2D eigenvalue weighted by Gasteiger charge is -2.28. The molecule has 0 saturated heterocycles. The molecule has 1 saturated carbocycles. The average Bonchev–Trinajstić information content (AvgIpc) is 2.69. The summed E-state index contributed by atoms with van der Waals surface area (Å²) in [5.41, 5.74) is 2.91. The van der Waals surface area contributed by atoms with Crippen molar-refractivity contribution >= 4 is 0 Å². The van der Waals surface area contributed by atoms with Crippen molar-refractivity contribution in [3.8, 4) is 0 Å². The summed E-state index contributed by atoms with van der Waals surface area (Å²) in [6.45, 7) is 4.62. The molecule has 2 rings (SSSR count). The second kappa shape index (κ2) is 5.01. The first-order valence-corrected chi connectivity index (χ1v) is 6.47. The summed E-state index contributed by atoms with van der Waals surface area (Å²) >= 11 is 0. The molecule has 1 aromatic carbocycles. The minimum absolute atomic E-state index is 0.540. The maximum Gasteiger partial charge on any atom is 0.0351 e. The van der Waals surface area contributed by atoms with Crippen molar-refractivity contribution in [2.75, 3.05) is 7.05 Å². The molecule has 3 unspecified atom stereocenters. The first-order valence-electron chi connectivity index (χ1n) is 6.47. The summed E-state index contributed by atoms with van der Waals surface area (Å²) < 4.78 is 0. The third-order valence-corrected chi connectivity index (χ3v) is 4.19. The van der Waals surface area contributed by atoms with Gasteiger partial charge in [-0.05, 0) is 43.4 Å². The molecule has 88 valence electrons. The summed E-state index contributed by atoms with van der Waals surface area (Å²) in [5.74, 6) is 1.67. The molecule has 0 radical (unpaired) electrons. The van der Waals surface area contributed by atoms with Gasteiger partial charge in [-0.1, -0.05) is 44.0 Å². The highest BCUT2D eigenvalue weighted by Gasteiger charge is 2.31. The molecule has 16 heavy (non-hydrogen) atoms. The SMILES string of the molecule is CNC(c1ccccc1C)C1CCCC1C. The van der Waals surface area contributed by atoms with Crippen molar-refractivity contribution in [2.45, 2.75) is 39.2 Å². The number of hydrogen-bond donors (Lipinski definition) is 1. The van der Waals surface area contributed by atoms with Crippen LogP contribution in [0.2, 0.25) is 0 Å². The Kier molecular flexibility index (Phi) is 3.65. The summed E-state index contributed by atoms with van der Waals surface area (Å²) in [5, 5.41) is 3.53. The van der Waals surface area contributed by atoms with Gasteiger partial charge in [-0.2, -0.15) is 0 Å². The van der Waals surface area contributed by atoms with Gasteiger partial charge < -0.3 is 5.32 Å². The van der Waals surface area contributed by atoms with Gasteiger partial charge in [-0.15, -0.1) is 0 Å². The van der Waals surface area contributed by atoms with Crippen LogP contribution >= 0.6 is 0 Å². The third-order valence-electron chi connectivity index (χ3n) is 4.19. The van der Waals surface area contributed by atoms with Gasteiger partial charge in [0, 0.05) is 6.04 Å². The predicted molar refractivity (Wildman–Crippen MR) is 69.5 cm³/mol. The molecule has 1 aromatic rings. The third kappa shape index (κ3) is 2.15. The Morgan fingerprint density at radius 2 is 2.00 bits per heavy atom. The second-order valence-electron chi connectivity index (χ2n) is 5.19. The van der Waals surface area contributed by atoms with Crippen molar-refractivity contribution in [1.82, 2.24) is 5.32 Å². The summed E-state index contributed by atoms with van der Waals surface area (Å²) in [6, 6.07) is 9.33. The molecule has 0 aliphatic heterocycles. The molecule has 1 fully saturated rings. The normalized spacial score (nSPS) is 26.9. The Balaban J connectivity index is 2.25. The lowest BCUT2D eigenvalue weighted by atomic mass is 9.84. The molecule has 1 aliphatic carbocycles. The largest absolute Gasteiger partial charge is 0.313 e. The highest BCUT2D eigenvalue weighted by atomic mass is 14.9. The van der Waals surface area contributed by atoms with E-state index in [9.17, 15) is 0 Å². The van der Waals surface area contributed by atoms with Crippen LogP contribution in [-0.2, 0) is 0 Å². The van der Waals surface area contributed by atoms with Crippen molar-refractivity contribution < 1.29 is 0 Å². The zero-order valence-corrected chi connectivity index (χ0v) is 10.7. The Morgan fingerprint density at radius 3 is 2.56 bits per heavy atom. The quantitative estimate of drug-likeness (QED) is 0.814. The molecule has 0 bridgehead atoms. The fourth-order valence-electron chi connectivity index (χ4n) is 3.21. The van der Waals surface area contributed by atoms with E-state index in [0.29, 0.717) is 6.04 Å². The number of benzene rings is 1. The number of aryl methyl sites for hydroxylation is 1. The molecule has 3 atom stereocenters. The summed E-state index contributed by atoms with van der Waals surface area (Å²) in [6.07, 6.45) is 4.17. The van der Waals surface area contributed by atoms with Crippen molar-refractivity contribution in [1.29, 1.82) is 0 Å². The van der Waals surface area contributed by atoms with Gasteiger partial charge in [-0.25, -0.2) is 0 Å². The van der Waals surface area contributed by atoms with Crippen molar-refractivity contribution in [3.05, 3.63) is 35.4 Å². The number of rotatable bonds is 3. The lowest BCUT2D eigenvalue weighted by Crippen LogP contribution is -2.27. The van der Waals surface area contributed by atoms with E-state index >= 15 is 0 Å². The van der Waals surface area contributed by atoms with Gasteiger partial charge in [0.25, 0.3) is 0 Å². The molecule has 0 heterocycles. The Morgan fingerprint density at radius 1 is 1.25 bits per heavy atom. The van der Waals surface area contributed by atoms with Crippen LogP contribution in [0, 0.1) is 18.8 Å². The van der Waals surface area contributed by atoms with Crippen LogP contribution in [0.4, 0.5) is 0 Å². The maximum atomic E-state index is 3.53. The van der Waals surface area contributed by atoms with Crippen LogP contribution in [0.3, 0.4) is 0 Å². The van der Waals surface area contributed by atoms with Gasteiger partial charge in [0.2, 0.25) is 0 Å². The zero-order chi connectivity index (χ0) is 11.5. The molecule has 0 aromatic heterocycles. The molecule has 1 aliphatic rings. The first kappa shape index (κ1) is 11.7. The molecular weight excluding hydrogens is 194 g/mol. The summed E-state index contributed by atoms with van der Waals surface area (Å²) in [7, 11) is 2.10. The molecule has 0 amide bonds. The maximum absolute atomic E-state index is 3.53. The van der Waals surface area contributed by atoms with Crippen LogP contribution in [0.15, 0.2) is 24.3 Å². The van der Waals surface area contributed by atoms with E-state index in [0.717, 1.165) is 11.8 Å². The molecule has 0 spiro atoms. The van der Waals surface area contributed by atoms with E-state index in [4.69, 9.17) is 0 Å². The van der Waals surface area contributed by atoms with Crippen LogP contribution in [0.1, 0.15) is 43.4 Å². The Labute approximate surface area is 99.3 Å². The first-order chi connectivity index (χ1) is 7.74. The van der Waals surface area contributed by atoms with Crippen LogP contribution in [0.25, 0.3) is 0 Å². The minimum Gasteiger partial charge on any atom is -0.313 e.